The van der Waals surface area contributed by atoms with Gasteiger partial charge in [0.2, 0.25) is 0 Å². The molecule has 0 aromatic carbocycles. The van der Waals surface area contributed by atoms with Gasteiger partial charge in [-0.15, -0.1) is 0 Å². The molecule has 340 valence electrons. The van der Waals surface area contributed by atoms with Crippen molar-refractivity contribution in [3.8, 4) is 0 Å². The van der Waals surface area contributed by atoms with E-state index in [0.29, 0.717) is 10.8 Å². The van der Waals surface area contributed by atoms with Crippen molar-refractivity contribution in [2.24, 2.45) is 34.5 Å². The lowest BCUT2D eigenvalue weighted by atomic mass is 9.83. The van der Waals surface area contributed by atoms with Crippen molar-refractivity contribution >= 4 is 11.9 Å². The van der Waals surface area contributed by atoms with Gasteiger partial charge in [0.05, 0.1) is 17.4 Å². The van der Waals surface area contributed by atoms with E-state index in [1.54, 1.807) is 0 Å². The largest absolute Gasteiger partial charge is 0.481 e. The van der Waals surface area contributed by atoms with Crippen molar-refractivity contribution in [2.45, 2.75) is 261 Å². The lowest BCUT2D eigenvalue weighted by Crippen LogP contribution is -2.30. The van der Waals surface area contributed by atoms with E-state index in [9.17, 15) is 24.9 Å². The number of hydrogen-bond acceptors (Lipinski definition) is 4. The van der Waals surface area contributed by atoms with Gasteiger partial charge >= 0.3 is 11.9 Å². The van der Waals surface area contributed by atoms with Crippen LogP contribution in [0, 0.1) is 34.5 Å². The number of carboxylic acids is 2. The van der Waals surface area contributed by atoms with E-state index in [1.807, 2.05) is 0 Å². The van der Waals surface area contributed by atoms with Crippen LogP contribution in [0.3, 0.4) is 0 Å². The normalized spacial score (nSPS) is 15.7. The summed E-state index contributed by atoms with van der Waals surface area (Å²) in [5, 5.41) is 31.7. The lowest BCUT2D eigenvalue weighted by Gasteiger charge is -2.29. The summed E-state index contributed by atoms with van der Waals surface area (Å²) >= 11 is 0. The molecule has 0 rings (SSSR count). The highest BCUT2D eigenvalue weighted by Gasteiger charge is 2.26. The highest BCUT2D eigenvalue weighted by atomic mass is 16.4. The molecule has 0 aromatic rings. The van der Waals surface area contributed by atoms with E-state index >= 15 is 0 Å². The molecule has 0 fully saturated rings. The van der Waals surface area contributed by atoms with Crippen molar-refractivity contribution in [2.75, 3.05) is 19.6 Å². The zero-order chi connectivity index (χ0) is 43.2. The van der Waals surface area contributed by atoms with Gasteiger partial charge < -0.3 is 20.2 Å². The van der Waals surface area contributed by atoms with Gasteiger partial charge in [-0.3, -0.25) is 9.59 Å². The van der Waals surface area contributed by atoms with Gasteiger partial charge in [0, 0.05) is 0 Å². The molecule has 57 heavy (non-hydrogen) atoms. The summed E-state index contributed by atoms with van der Waals surface area (Å²) in [6, 6.07) is 0. The van der Waals surface area contributed by atoms with Crippen molar-refractivity contribution in [1.82, 2.24) is 4.90 Å². The Balaban J connectivity index is 4.74. The standard InChI is InChI=1S/C51H101NO5/c1-11-38-52(39-12-2)40-28-27-37-51(57,35-25-15-13-21-31-45(47(53)54)33-23-17-19-29-43(3)41-49(5,6)7)36-26-16-14-22-32-46(48(55)56)34-24-18-20-30-44(4)42-50(8,9)10/h43-46,57H,11-42H2,1-10H3,(H,53,54)(H,55,56). The molecular weight excluding hydrogens is 707 g/mol. The minimum Gasteiger partial charge on any atom is -0.481 e. The fraction of sp³-hybridized carbons (Fsp3) is 0.961. The Morgan fingerprint density at radius 2 is 0.754 bits per heavy atom. The zero-order valence-corrected chi connectivity index (χ0v) is 40.0. The van der Waals surface area contributed by atoms with Crippen LogP contribution in [0.5, 0.6) is 0 Å². The summed E-state index contributed by atoms with van der Waals surface area (Å²) in [5.74, 6) is -0.259. The summed E-state index contributed by atoms with van der Waals surface area (Å²) in [5.41, 5.74) is 0.108. The van der Waals surface area contributed by atoms with E-state index < -0.39 is 17.5 Å². The molecule has 0 heterocycles. The minimum absolute atomic E-state index is 0.225. The average Bonchev–Trinajstić information content (AvgIpc) is 3.09. The molecule has 3 N–H and O–H groups in total. The molecule has 0 amide bonds. The van der Waals surface area contributed by atoms with Crippen LogP contribution in [0.4, 0.5) is 0 Å². The first-order valence-corrected chi connectivity index (χ1v) is 24.7. The van der Waals surface area contributed by atoms with Gasteiger partial charge in [-0.25, -0.2) is 0 Å². The third-order valence-corrected chi connectivity index (χ3v) is 12.5. The first-order valence-electron chi connectivity index (χ1n) is 24.7. The van der Waals surface area contributed by atoms with Gasteiger partial charge in [-0.05, 0) is 126 Å². The number of aliphatic carboxylic acids is 2. The molecule has 0 spiro atoms. The highest BCUT2D eigenvalue weighted by molar-refractivity contribution is 5.70. The zero-order valence-electron chi connectivity index (χ0n) is 40.0. The Hall–Kier alpha value is -1.14. The van der Waals surface area contributed by atoms with Gasteiger partial charge in [0.1, 0.15) is 0 Å². The van der Waals surface area contributed by atoms with Gasteiger partial charge in [-0.2, -0.15) is 0 Å². The molecule has 6 nitrogen and oxygen atoms in total. The highest BCUT2D eigenvalue weighted by Crippen LogP contribution is 2.31. The van der Waals surface area contributed by atoms with Crippen LogP contribution in [0.1, 0.15) is 255 Å². The van der Waals surface area contributed by atoms with Gasteiger partial charge in [0.15, 0.2) is 0 Å². The van der Waals surface area contributed by atoms with E-state index in [-0.39, 0.29) is 11.8 Å². The maximum atomic E-state index is 12.0. The minimum atomic E-state index is -0.637. The predicted octanol–water partition coefficient (Wildman–Crippen LogP) is 15.1. The van der Waals surface area contributed by atoms with Gasteiger partial charge in [-0.1, -0.05) is 172 Å². The van der Waals surface area contributed by atoms with Crippen LogP contribution in [-0.2, 0) is 9.59 Å². The van der Waals surface area contributed by atoms with Crippen molar-refractivity contribution in [1.29, 1.82) is 0 Å². The molecule has 0 saturated heterocycles. The first kappa shape index (κ1) is 55.9. The second-order valence-corrected chi connectivity index (χ2v) is 21.5. The third kappa shape index (κ3) is 34.3. The van der Waals surface area contributed by atoms with Crippen LogP contribution >= 0.6 is 0 Å². The molecule has 0 radical (unpaired) electrons. The summed E-state index contributed by atoms with van der Waals surface area (Å²) < 4.78 is 0. The SMILES string of the molecule is CCCN(CCC)CCCCC(O)(CCCCCCC(CCCCCC(C)CC(C)(C)C)C(=O)O)CCCCCCC(CCCCCC(C)CC(C)(C)C)C(=O)O. The third-order valence-electron chi connectivity index (χ3n) is 12.5. The van der Waals surface area contributed by atoms with Crippen LogP contribution in [0.25, 0.3) is 0 Å². The van der Waals surface area contributed by atoms with Crippen LogP contribution < -0.4 is 0 Å². The van der Waals surface area contributed by atoms with E-state index in [2.05, 4.69) is 74.1 Å². The molecule has 6 heteroatoms. The molecule has 0 bridgehead atoms. The topological polar surface area (TPSA) is 98.1 Å². The summed E-state index contributed by atoms with van der Waals surface area (Å²) in [6.07, 6.45) is 29.9. The number of aliphatic hydroxyl groups is 1. The van der Waals surface area contributed by atoms with Crippen LogP contribution in [0.15, 0.2) is 0 Å². The van der Waals surface area contributed by atoms with Crippen molar-refractivity contribution < 1.29 is 24.9 Å². The molecule has 4 atom stereocenters. The van der Waals surface area contributed by atoms with Crippen LogP contribution in [0.2, 0.25) is 0 Å². The molecule has 0 aliphatic rings. The molecule has 4 unspecified atom stereocenters. The number of hydrogen-bond donors (Lipinski definition) is 3. The average molecular weight is 808 g/mol. The smallest absolute Gasteiger partial charge is 0.306 e. The molecular formula is C51H101NO5. The molecule has 0 saturated carbocycles. The predicted molar refractivity (Wildman–Crippen MR) is 246 cm³/mol. The van der Waals surface area contributed by atoms with E-state index in [0.717, 1.165) is 166 Å². The van der Waals surface area contributed by atoms with Crippen molar-refractivity contribution in [3.05, 3.63) is 0 Å². The van der Waals surface area contributed by atoms with E-state index in [1.165, 1.54) is 51.4 Å². The Morgan fingerprint density at radius 3 is 1.07 bits per heavy atom. The van der Waals surface area contributed by atoms with Gasteiger partial charge in [0.25, 0.3) is 0 Å². The summed E-state index contributed by atoms with van der Waals surface area (Å²) in [7, 11) is 0. The number of unbranched alkanes of at least 4 members (excludes halogenated alkanes) is 11. The maximum absolute atomic E-state index is 12.0. The quantitative estimate of drug-likeness (QED) is 0.0535. The second kappa shape index (κ2) is 32.6. The number of nitrogens with zero attached hydrogens (tertiary/aromatic N) is 1. The Bertz CT molecular complexity index is 900. The molecule has 0 aromatic heterocycles. The fourth-order valence-electron chi connectivity index (χ4n) is 9.73. The summed E-state index contributed by atoms with van der Waals surface area (Å²) in [6.45, 7) is 26.5. The number of carbonyl (C=O) groups is 2. The van der Waals surface area contributed by atoms with E-state index in [4.69, 9.17) is 0 Å². The maximum Gasteiger partial charge on any atom is 0.306 e. The van der Waals surface area contributed by atoms with Crippen LogP contribution in [-0.4, -0.2) is 57.4 Å². The fourth-order valence-corrected chi connectivity index (χ4v) is 9.73. The monoisotopic (exact) mass is 808 g/mol. The Labute approximate surface area is 355 Å². The molecule has 0 aliphatic heterocycles. The second-order valence-electron chi connectivity index (χ2n) is 21.5. The van der Waals surface area contributed by atoms with Crippen molar-refractivity contribution in [3.63, 3.8) is 0 Å². The number of carboxylic acid groups (broad SMARTS) is 2. The lowest BCUT2D eigenvalue weighted by molar-refractivity contribution is -0.143. The Kier molecular flexibility index (Phi) is 32.0. The summed E-state index contributed by atoms with van der Waals surface area (Å²) in [4.78, 5) is 26.6. The number of rotatable bonds is 39. The Morgan fingerprint density at radius 1 is 0.456 bits per heavy atom. The molecule has 0 aliphatic carbocycles. The first-order chi connectivity index (χ1) is 26.8.